The van der Waals surface area contributed by atoms with Crippen molar-refractivity contribution in [3.63, 3.8) is 0 Å². The first kappa shape index (κ1) is 14.8. The van der Waals surface area contributed by atoms with Crippen molar-refractivity contribution >= 4 is 23.2 Å². The van der Waals surface area contributed by atoms with E-state index in [-0.39, 0.29) is 5.41 Å². The fraction of sp³-hybridized carbons (Fsp3) is 0.571. The van der Waals surface area contributed by atoms with Crippen molar-refractivity contribution in [2.24, 2.45) is 0 Å². The highest BCUT2D eigenvalue weighted by atomic mass is 35.5. The Morgan fingerprint density at radius 2 is 1.82 bits per heavy atom. The van der Waals surface area contributed by atoms with E-state index in [0.29, 0.717) is 10.0 Å². The number of hydrogen-bond acceptors (Lipinski definition) is 1. The predicted molar refractivity (Wildman–Crippen MR) is 77.3 cm³/mol. The first-order chi connectivity index (χ1) is 7.97. The zero-order valence-electron chi connectivity index (χ0n) is 10.8. The molecule has 1 nitrogen and oxygen atoms in total. The van der Waals surface area contributed by atoms with Gasteiger partial charge in [0.05, 0.1) is 10.0 Å². The van der Waals surface area contributed by atoms with Crippen molar-refractivity contribution in [2.45, 2.75) is 39.0 Å². The van der Waals surface area contributed by atoms with Crippen LogP contribution < -0.4 is 5.32 Å². The number of hydrogen-bond donors (Lipinski definition) is 1. The molecule has 0 saturated carbocycles. The van der Waals surface area contributed by atoms with E-state index in [9.17, 15) is 0 Å². The van der Waals surface area contributed by atoms with Crippen LogP contribution in [0.25, 0.3) is 0 Å². The van der Waals surface area contributed by atoms with Crippen LogP contribution in [-0.4, -0.2) is 13.1 Å². The van der Waals surface area contributed by atoms with Crippen LogP contribution in [-0.2, 0) is 5.41 Å². The van der Waals surface area contributed by atoms with Crippen LogP contribution >= 0.6 is 23.2 Å². The van der Waals surface area contributed by atoms with Gasteiger partial charge in [0.25, 0.3) is 0 Å². The van der Waals surface area contributed by atoms with E-state index in [4.69, 9.17) is 23.2 Å². The van der Waals surface area contributed by atoms with Gasteiger partial charge in [-0.3, -0.25) is 0 Å². The second kappa shape index (κ2) is 6.63. The molecule has 1 aromatic carbocycles. The van der Waals surface area contributed by atoms with Crippen molar-refractivity contribution in [2.75, 3.05) is 13.1 Å². The van der Waals surface area contributed by atoms with Gasteiger partial charge in [0.15, 0.2) is 0 Å². The van der Waals surface area contributed by atoms with E-state index in [1.165, 1.54) is 12.0 Å². The molecule has 1 aromatic rings. The molecule has 0 aliphatic heterocycles. The molecule has 0 fully saturated rings. The van der Waals surface area contributed by atoms with Gasteiger partial charge in [0.1, 0.15) is 0 Å². The van der Waals surface area contributed by atoms with Crippen LogP contribution in [0.5, 0.6) is 0 Å². The third-order valence-electron chi connectivity index (χ3n) is 3.05. The quantitative estimate of drug-likeness (QED) is 0.744. The first-order valence-corrected chi connectivity index (χ1v) is 6.89. The second-order valence-corrected chi connectivity index (χ2v) is 5.83. The van der Waals surface area contributed by atoms with Gasteiger partial charge in [-0.15, -0.1) is 0 Å². The molecule has 0 atom stereocenters. The third-order valence-corrected chi connectivity index (χ3v) is 3.79. The molecule has 0 radical (unpaired) electrons. The molecule has 1 rings (SSSR count). The largest absolute Gasteiger partial charge is 0.317 e. The van der Waals surface area contributed by atoms with Gasteiger partial charge in [-0.05, 0) is 49.0 Å². The highest BCUT2D eigenvalue weighted by Gasteiger charge is 2.20. The number of halogens is 2. The van der Waals surface area contributed by atoms with Gasteiger partial charge < -0.3 is 5.32 Å². The molecule has 96 valence electrons. The van der Waals surface area contributed by atoms with Crippen LogP contribution in [0.1, 0.15) is 39.2 Å². The Morgan fingerprint density at radius 3 is 2.41 bits per heavy atom. The van der Waals surface area contributed by atoms with Gasteiger partial charge in [-0.2, -0.15) is 0 Å². The fourth-order valence-electron chi connectivity index (χ4n) is 1.76. The summed E-state index contributed by atoms with van der Waals surface area (Å²) in [5.74, 6) is 0. The van der Waals surface area contributed by atoms with Crippen LogP contribution in [0, 0.1) is 0 Å². The van der Waals surface area contributed by atoms with E-state index in [2.05, 4.69) is 32.2 Å². The van der Waals surface area contributed by atoms with Crippen LogP contribution in [0.3, 0.4) is 0 Å². The lowest BCUT2D eigenvalue weighted by Crippen LogP contribution is -2.25. The summed E-state index contributed by atoms with van der Waals surface area (Å²) >= 11 is 12.0. The van der Waals surface area contributed by atoms with Gasteiger partial charge in [-0.25, -0.2) is 0 Å². The lowest BCUT2D eigenvalue weighted by molar-refractivity contribution is 0.457. The molecule has 0 aliphatic rings. The Labute approximate surface area is 115 Å². The molecule has 3 heteroatoms. The lowest BCUT2D eigenvalue weighted by Gasteiger charge is -2.26. The molecule has 17 heavy (non-hydrogen) atoms. The highest BCUT2D eigenvalue weighted by Crippen LogP contribution is 2.31. The topological polar surface area (TPSA) is 12.0 Å². The number of nitrogens with one attached hydrogen (secondary N) is 1. The molecule has 0 spiro atoms. The molecule has 0 amide bonds. The van der Waals surface area contributed by atoms with Crippen molar-refractivity contribution < 1.29 is 0 Å². The Bertz CT molecular complexity index is 361. The van der Waals surface area contributed by atoms with E-state index < -0.39 is 0 Å². The molecule has 0 bridgehead atoms. The average molecular weight is 274 g/mol. The van der Waals surface area contributed by atoms with Crippen molar-refractivity contribution in [1.82, 2.24) is 5.32 Å². The molecule has 0 aliphatic carbocycles. The van der Waals surface area contributed by atoms with Crippen LogP contribution in [0.4, 0.5) is 0 Å². The zero-order valence-corrected chi connectivity index (χ0v) is 12.3. The van der Waals surface area contributed by atoms with E-state index >= 15 is 0 Å². The molecular weight excluding hydrogens is 253 g/mol. The van der Waals surface area contributed by atoms with E-state index in [1.54, 1.807) is 0 Å². The minimum absolute atomic E-state index is 0.120. The number of benzene rings is 1. The summed E-state index contributed by atoms with van der Waals surface area (Å²) in [6, 6.07) is 5.91. The minimum Gasteiger partial charge on any atom is -0.317 e. The molecule has 1 N–H and O–H groups in total. The van der Waals surface area contributed by atoms with E-state index in [0.717, 1.165) is 19.5 Å². The van der Waals surface area contributed by atoms with Crippen LogP contribution in [0.2, 0.25) is 10.0 Å². The summed E-state index contributed by atoms with van der Waals surface area (Å²) in [6.45, 7) is 8.76. The third kappa shape index (κ3) is 4.50. The predicted octanol–water partition coefficient (Wildman–Crippen LogP) is 4.66. The summed E-state index contributed by atoms with van der Waals surface area (Å²) in [5.41, 5.74) is 1.36. The van der Waals surface area contributed by atoms with E-state index in [1.807, 2.05) is 12.1 Å². The molecular formula is C14H21Cl2N. The summed E-state index contributed by atoms with van der Waals surface area (Å²) < 4.78 is 0. The number of rotatable bonds is 6. The lowest BCUT2D eigenvalue weighted by atomic mass is 9.81. The van der Waals surface area contributed by atoms with Gasteiger partial charge >= 0.3 is 0 Å². The highest BCUT2D eigenvalue weighted by molar-refractivity contribution is 6.42. The van der Waals surface area contributed by atoms with Gasteiger partial charge in [0, 0.05) is 0 Å². The van der Waals surface area contributed by atoms with Gasteiger partial charge in [-0.1, -0.05) is 50.0 Å². The Kier molecular flexibility index (Phi) is 5.78. The zero-order chi connectivity index (χ0) is 12.9. The first-order valence-electron chi connectivity index (χ1n) is 6.13. The summed E-state index contributed by atoms with van der Waals surface area (Å²) in [5, 5.41) is 4.69. The monoisotopic (exact) mass is 273 g/mol. The molecule has 0 aromatic heterocycles. The maximum absolute atomic E-state index is 6.06. The standard InChI is InChI=1S/C14H21Cl2N/c1-4-8-17-9-7-14(2,3)11-5-6-12(15)13(16)10-11/h5-6,10,17H,4,7-9H2,1-3H3. The minimum atomic E-state index is 0.120. The average Bonchev–Trinajstić information content (AvgIpc) is 2.28. The Hall–Kier alpha value is -0.240. The molecule has 0 unspecified atom stereocenters. The second-order valence-electron chi connectivity index (χ2n) is 5.01. The van der Waals surface area contributed by atoms with Gasteiger partial charge in [0.2, 0.25) is 0 Å². The molecule has 0 heterocycles. The Morgan fingerprint density at radius 1 is 1.12 bits per heavy atom. The summed E-state index contributed by atoms with van der Waals surface area (Å²) in [7, 11) is 0. The summed E-state index contributed by atoms with van der Waals surface area (Å²) in [4.78, 5) is 0. The summed E-state index contributed by atoms with van der Waals surface area (Å²) in [6.07, 6.45) is 2.26. The SMILES string of the molecule is CCCNCCC(C)(C)c1ccc(Cl)c(Cl)c1. The van der Waals surface area contributed by atoms with Crippen molar-refractivity contribution in [3.05, 3.63) is 33.8 Å². The van der Waals surface area contributed by atoms with Crippen molar-refractivity contribution in [1.29, 1.82) is 0 Å². The Balaban J connectivity index is 2.64. The maximum Gasteiger partial charge on any atom is 0.0595 e. The van der Waals surface area contributed by atoms with Crippen molar-refractivity contribution in [3.8, 4) is 0 Å². The molecule has 0 saturated heterocycles. The maximum atomic E-state index is 6.06. The smallest absolute Gasteiger partial charge is 0.0595 e. The fourth-order valence-corrected chi connectivity index (χ4v) is 2.06. The van der Waals surface area contributed by atoms with Crippen LogP contribution in [0.15, 0.2) is 18.2 Å². The normalized spacial score (nSPS) is 11.8.